The van der Waals surface area contributed by atoms with Crippen molar-refractivity contribution < 1.29 is 14.4 Å². The molecule has 1 aromatic carbocycles. The van der Waals surface area contributed by atoms with Crippen molar-refractivity contribution >= 4 is 29.3 Å². The van der Waals surface area contributed by atoms with Crippen LogP contribution in [0.1, 0.15) is 39.5 Å². The van der Waals surface area contributed by atoms with E-state index in [1.807, 2.05) is 13.8 Å². The molecule has 2 aliphatic rings. The van der Waals surface area contributed by atoms with Crippen molar-refractivity contribution in [3.8, 4) is 0 Å². The molecule has 1 aliphatic heterocycles. The molecule has 3 rings (SSSR count). The van der Waals surface area contributed by atoms with Gasteiger partial charge in [-0.1, -0.05) is 0 Å². The van der Waals surface area contributed by atoms with Gasteiger partial charge in [-0.15, -0.1) is 0 Å². The highest BCUT2D eigenvalue weighted by atomic mass is 16.2. The number of carbonyl (C=O) groups excluding carboxylic acids is 3. The maximum absolute atomic E-state index is 12.6. The van der Waals surface area contributed by atoms with E-state index >= 15 is 0 Å². The summed E-state index contributed by atoms with van der Waals surface area (Å²) < 4.78 is 0. The monoisotopic (exact) mass is 401 g/mol. The fourth-order valence-corrected chi connectivity index (χ4v) is 3.36. The molecule has 29 heavy (non-hydrogen) atoms. The minimum absolute atomic E-state index is 0.0534. The molecule has 1 heterocycles. The maximum Gasteiger partial charge on any atom is 0.321 e. The van der Waals surface area contributed by atoms with Crippen molar-refractivity contribution in [2.45, 2.75) is 45.6 Å². The summed E-state index contributed by atoms with van der Waals surface area (Å²) in [6.45, 7) is 5.63. The number of nitrogens with one attached hydrogen (secondary N) is 4. The highest BCUT2D eigenvalue weighted by molar-refractivity contribution is 5.92. The molecule has 8 nitrogen and oxygen atoms in total. The van der Waals surface area contributed by atoms with Crippen LogP contribution < -0.4 is 21.3 Å². The number of hydrogen-bond donors (Lipinski definition) is 4. The Labute approximate surface area is 171 Å². The molecule has 4 N–H and O–H groups in total. The molecule has 2 fully saturated rings. The van der Waals surface area contributed by atoms with Crippen molar-refractivity contribution in [2.75, 3.05) is 30.3 Å². The average molecular weight is 402 g/mol. The first-order valence-electron chi connectivity index (χ1n) is 10.4. The van der Waals surface area contributed by atoms with Crippen LogP contribution in [0.2, 0.25) is 0 Å². The van der Waals surface area contributed by atoms with Crippen LogP contribution in [0.15, 0.2) is 24.3 Å². The number of likely N-dealkylation sites (tertiary alicyclic amines) is 1. The van der Waals surface area contributed by atoms with E-state index in [0.717, 1.165) is 19.4 Å². The van der Waals surface area contributed by atoms with Crippen molar-refractivity contribution in [3.05, 3.63) is 24.3 Å². The quantitative estimate of drug-likeness (QED) is 0.589. The Hall–Kier alpha value is -2.77. The lowest BCUT2D eigenvalue weighted by molar-refractivity contribution is -0.126. The van der Waals surface area contributed by atoms with Gasteiger partial charge in [-0.05, 0) is 69.7 Å². The van der Waals surface area contributed by atoms with Crippen molar-refractivity contribution in [1.29, 1.82) is 0 Å². The van der Waals surface area contributed by atoms with Crippen LogP contribution in [0, 0.1) is 11.8 Å². The summed E-state index contributed by atoms with van der Waals surface area (Å²) in [5, 5.41) is 11.4. The molecule has 158 valence electrons. The minimum Gasteiger partial charge on any atom is -0.356 e. The Kier molecular flexibility index (Phi) is 6.95. The van der Waals surface area contributed by atoms with Crippen LogP contribution in [0.25, 0.3) is 0 Å². The SMILES string of the molecule is CC(C)NC(=O)Nc1ccc(NC(=O)N2CCC[C@H](C(=O)NCC3CC3)C2)cc1. The van der Waals surface area contributed by atoms with E-state index in [-0.39, 0.29) is 29.9 Å². The fourth-order valence-electron chi connectivity index (χ4n) is 3.36. The average Bonchev–Trinajstić information content (AvgIpc) is 3.51. The van der Waals surface area contributed by atoms with Crippen molar-refractivity contribution in [1.82, 2.24) is 15.5 Å². The second-order valence-electron chi connectivity index (χ2n) is 8.23. The second kappa shape index (κ2) is 9.62. The molecular weight excluding hydrogens is 370 g/mol. The lowest BCUT2D eigenvalue weighted by Crippen LogP contribution is -2.47. The number of anilines is 2. The van der Waals surface area contributed by atoms with E-state index in [1.54, 1.807) is 29.2 Å². The minimum atomic E-state index is -0.267. The van der Waals surface area contributed by atoms with Gasteiger partial charge in [0.2, 0.25) is 5.91 Å². The van der Waals surface area contributed by atoms with Crippen LogP contribution in [0.5, 0.6) is 0 Å². The highest BCUT2D eigenvalue weighted by Crippen LogP contribution is 2.28. The number of nitrogens with zero attached hydrogens (tertiary/aromatic N) is 1. The predicted octanol–water partition coefficient (Wildman–Crippen LogP) is 2.99. The van der Waals surface area contributed by atoms with E-state index in [0.29, 0.717) is 30.4 Å². The molecule has 0 aromatic heterocycles. The second-order valence-corrected chi connectivity index (χ2v) is 8.23. The van der Waals surface area contributed by atoms with Gasteiger partial charge in [0, 0.05) is 37.1 Å². The Morgan fingerprint density at radius 2 is 1.69 bits per heavy atom. The zero-order chi connectivity index (χ0) is 20.8. The molecule has 1 saturated carbocycles. The number of urea groups is 2. The van der Waals surface area contributed by atoms with E-state index in [2.05, 4.69) is 21.3 Å². The largest absolute Gasteiger partial charge is 0.356 e. The third-order valence-electron chi connectivity index (χ3n) is 5.16. The van der Waals surface area contributed by atoms with E-state index in [9.17, 15) is 14.4 Å². The molecule has 0 bridgehead atoms. The molecule has 1 saturated heterocycles. The van der Waals surface area contributed by atoms with Gasteiger partial charge in [0.05, 0.1) is 5.92 Å². The van der Waals surface area contributed by atoms with Crippen LogP contribution >= 0.6 is 0 Å². The van der Waals surface area contributed by atoms with Crippen LogP contribution in [-0.4, -0.2) is 48.5 Å². The summed E-state index contributed by atoms with van der Waals surface area (Å²) >= 11 is 0. The molecule has 0 unspecified atom stereocenters. The molecule has 5 amide bonds. The van der Waals surface area contributed by atoms with Crippen LogP contribution in [-0.2, 0) is 4.79 Å². The van der Waals surface area contributed by atoms with Crippen LogP contribution in [0.4, 0.5) is 21.0 Å². The summed E-state index contributed by atoms with van der Waals surface area (Å²) in [5.41, 5.74) is 1.29. The van der Waals surface area contributed by atoms with Gasteiger partial charge in [0.25, 0.3) is 0 Å². The first-order chi connectivity index (χ1) is 13.9. The normalized spacial score (nSPS) is 18.9. The first kappa shape index (κ1) is 21.0. The molecular formula is C21H31N5O3. The third kappa shape index (κ3) is 6.66. The Morgan fingerprint density at radius 3 is 2.31 bits per heavy atom. The Morgan fingerprint density at radius 1 is 1.03 bits per heavy atom. The number of benzene rings is 1. The zero-order valence-electron chi connectivity index (χ0n) is 17.2. The van der Waals surface area contributed by atoms with Crippen LogP contribution in [0.3, 0.4) is 0 Å². The van der Waals surface area contributed by atoms with Crippen molar-refractivity contribution in [3.63, 3.8) is 0 Å². The zero-order valence-corrected chi connectivity index (χ0v) is 17.2. The van der Waals surface area contributed by atoms with E-state index in [4.69, 9.17) is 0 Å². The standard InChI is InChI=1S/C21H31N5O3/c1-14(2)23-20(28)24-17-7-9-18(10-8-17)25-21(29)26-11-3-4-16(13-26)19(27)22-12-15-5-6-15/h7-10,14-16H,3-6,11-13H2,1-2H3,(H,22,27)(H,25,29)(H2,23,24,28)/t16-/m0/s1. The summed E-state index contributed by atoms with van der Waals surface area (Å²) in [6, 6.07) is 6.54. The smallest absolute Gasteiger partial charge is 0.321 e. The summed E-state index contributed by atoms with van der Waals surface area (Å²) in [5.74, 6) is 0.569. The number of hydrogen-bond acceptors (Lipinski definition) is 3. The Bertz CT molecular complexity index is 730. The third-order valence-corrected chi connectivity index (χ3v) is 5.16. The van der Waals surface area contributed by atoms with Gasteiger partial charge in [-0.3, -0.25) is 4.79 Å². The molecule has 1 atom stereocenters. The molecule has 0 spiro atoms. The highest BCUT2D eigenvalue weighted by Gasteiger charge is 2.30. The fraction of sp³-hybridized carbons (Fsp3) is 0.571. The van der Waals surface area contributed by atoms with E-state index < -0.39 is 0 Å². The lowest BCUT2D eigenvalue weighted by Gasteiger charge is -2.32. The number of amides is 5. The number of piperidine rings is 1. The van der Waals surface area contributed by atoms with Gasteiger partial charge in [-0.25, -0.2) is 9.59 Å². The molecule has 1 aromatic rings. The topological polar surface area (TPSA) is 103 Å². The maximum atomic E-state index is 12.6. The Balaban J connectivity index is 1.47. The molecule has 0 radical (unpaired) electrons. The van der Waals surface area contributed by atoms with Gasteiger partial charge in [0.15, 0.2) is 0 Å². The summed E-state index contributed by atoms with van der Waals surface area (Å²) in [7, 11) is 0. The number of carbonyl (C=O) groups is 3. The van der Waals surface area contributed by atoms with Gasteiger partial charge in [0.1, 0.15) is 0 Å². The summed E-state index contributed by atoms with van der Waals surface area (Å²) in [6.07, 6.45) is 4.05. The summed E-state index contributed by atoms with van der Waals surface area (Å²) in [4.78, 5) is 38.4. The predicted molar refractivity (Wildman–Crippen MR) is 113 cm³/mol. The van der Waals surface area contributed by atoms with Gasteiger partial charge in [-0.2, -0.15) is 0 Å². The lowest BCUT2D eigenvalue weighted by atomic mass is 9.97. The van der Waals surface area contributed by atoms with Gasteiger partial charge < -0.3 is 26.2 Å². The van der Waals surface area contributed by atoms with Crippen molar-refractivity contribution in [2.24, 2.45) is 11.8 Å². The molecule has 1 aliphatic carbocycles. The first-order valence-corrected chi connectivity index (χ1v) is 10.4. The van der Waals surface area contributed by atoms with Gasteiger partial charge >= 0.3 is 12.1 Å². The number of rotatable bonds is 6. The van der Waals surface area contributed by atoms with E-state index in [1.165, 1.54) is 12.8 Å². The molecule has 8 heteroatoms.